The van der Waals surface area contributed by atoms with Crippen LogP contribution in [0, 0.1) is 0 Å². The monoisotopic (exact) mass is 352 g/mol. The molecule has 132 valence electrons. The van der Waals surface area contributed by atoms with E-state index >= 15 is 0 Å². The molecular weight excluding hydrogens is 328 g/mol. The topological polar surface area (TPSA) is 77.9 Å². The first-order chi connectivity index (χ1) is 11.3. The van der Waals surface area contributed by atoms with Crippen LogP contribution in [0.15, 0.2) is 23.1 Å². The van der Waals surface area contributed by atoms with E-state index in [2.05, 4.69) is 0 Å². The molecule has 1 aromatic carbocycles. The van der Waals surface area contributed by atoms with E-state index in [4.69, 9.17) is 0 Å². The van der Waals surface area contributed by atoms with E-state index in [1.165, 1.54) is 11.2 Å². The highest BCUT2D eigenvalue weighted by molar-refractivity contribution is 7.89. The number of carbonyl (C=O) groups excluding carboxylic acids is 1. The highest BCUT2D eigenvalue weighted by Crippen LogP contribution is 2.32. The number of rotatable bonds is 3. The summed E-state index contributed by atoms with van der Waals surface area (Å²) in [4.78, 5) is 13.5. The Bertz CT molecular complexity index is 747. The lowest BCUT2D eigenvalue weighted by atomic mass is 9.93. The van der Waals surface area contributed by atoms with Gasteiger partial charge in [0.2, 0.25) is 15.9 Å². The number of nitrogens with zero attached hydrogens (tertiary/aromatic N) is 2. The summed E-state index contributed by atoms with van der Waals surface area (Å²) < 4.78 is 27.2. The summed E-state index contributed by atoms with van der Waals surface area (Å²) in [6, 6.07) is 4.56. The number of benzene rings is 1. The predicted octanol–water partition coefficient (Wildman–Crippen LogP) is 1.52. The number of carbonyl (C=O) groups is 1. The zero-order valence-electron chi connectivity index (χ0n) is 14.1. The van der Waals surface area contributed by atoms with Crippen molar-refractivity contribution in [3.8, 4) is 0 Å². The third kappa shape index (κ3) is 2.96. The molecule has 0 bridgehead atoms. The molecule has 6 nitrogen and oxygen atoms in total. The van der Waals surface area contributed by atoms with E-state index in [1.807, 2.05) is 0 Å². The first-order valence-corrected chi connectivity index (χ1v) is 9.83. The molecule has 1 amide bonds. The lowest BCUT2D eigenvalue weighted by molar-refractivity contribution is -0.116. The van der Waals surface area contributed by atoms with Crippen molar-refractivity contribution in [3.05, 3.63) is 23.8 Å². The van der Waals surface area contributed by atoms with Gasteiger partial charge in [0.1, 0.15) is 0 Å². The van der Waals surface area contributed by atoms with Gasteiger partial charge in [-0.15, -0.1) is 0 Å². The molecule has 2 atom stereocenters. The van der Waals surface area contributed by atoms with Gasteiger partial charge in [0.05, 0.1) is 17.0 Å². The molecule has 1 fully saturated rings. The molecule has 24 heavy (non-hydrogen) atoms. The van der Waals surface area contributed by atoms with E-state index in [0.29, 0.717) is 25.8 Å². The van der Waals surface area contributed by atoms with Crippen molar-refractivity contribution in [1.29, 1.82) is 0 Å². The van der Waals surface area contributed by atoms with Crippen molar-refractivity contribution < 1.29 is 18.3 Å². The molecule has 2 aliphatic rings. The largest absolute Gasteiger partial charge is 0.391 e. The predicted molar refractivity (Wildman–Crippen MR) is 91.4 cm³/mol. The number of likely N-dealkylation sites (N-methyl/N-ethyl adjacent to an activating group) is 1. The lowest BCUT2D eigenvalue weighted by Gasteiger charge is -2.34. The van der Waals surface area contributed by atoms with E-state index in [0.717, 1.165) is 24.1 Å². The first kappa shape index (κ1) is 17.4. The van der Waals surface area contributed by atoms with Crippen LogP contribution in [0.1, 0.15) is 38.2 Å². The Morgan fingerprint density at radius 2 is 2.00 bits per heavy atom. The van der Waals surface area contributed by atoms with Gasteiger partial charge < -0.3 is 10.0 Å². The highest BCUT2D eigenvalue weighted by Gasteiger charge is 2.35. The molecule has 1 saturated carbocycles. The van der Waals surface area contributed by atoms with Gasteiger partial charge in [0.15, 0.2) is 0 Å². The summed E-state index contributed by atoms with van der Waals surface area (Å²) in [7, 11) is -2.12. The van der Waals surface area contributed by atoms with Gasteiger partial charge in [-0.05, 0) is 43.0 Å². The SMILES string of the molecule is CC(=O)N1CCc2cc(S(=O)(=O)N(C)[C@H]3CCCC[C@@H]3O)ccc21. The Balaban J connectivity index is 1.89. The van der Waals surface area contributed by atoms with Crippen LogP contribution in [0.3, 0.4) is 0 Å². The van der Waals surface area contributed by atoms with Crippen LogP contribution in [0.5, 0.6) is 0 Å². The maximum absolute atomic E-state index is 12.9. The van der Waals surface area contributed by atoms with Crippen LogP contribution < -0.4 is 4.90 Å². The minimum atomic E-state index is -3.66. The molecule has 0 unspecified atom stereocenters. The molecule has 1 aliphatic heterocycles. The normalized spacial score (nSPS) is 24.2. The molecule has 1 aliphatic carbocycles. The number of fused-ring (bicyclic) bond motifs is 1. The quantitative estimate of drug-likeness (QED) is 0.895. The summed E-state index contributed by atoms with van der Waals surface area (Å²) in [5.41, 5.74) is 1.67. The van der Waals surface area contributed by atoms with Crippen LogP contribution in [-0.4, -0.2) is 49.5 Å². The summed E-state index contributed by atoms with van der Waals surface area (Å²) in [6.07, 6.45) is 3.24. The van der Waals surface area contributed by atoms with E-state index in [9.17, 15) is 18.3 Å². The Morgan fingerprint density at radius 1 is 1.29 bits per heavy atom. The average Bonchev–Trinajstić information content (AvgIpc) is 2.98. The number of hydrogen-bond donors (Lipinski definition) is 1. The van der Waals surface area contributed by atoms with Crippen molar-refractivity contribution >= 4 is 21.6 Å². The Labute approximate surface area is 143 Å². The zero-order valence-corrected chi connectivity index (χ0v) is 14.9. The molecule has 1 N–H and O–H groups in total. The third-order valence-corrected chi connectivity index (χ3v) is 7.04. The van der Waals surface area contributed by atoms with Gasteiger partial charge in [-0.3, -0.25) is 4.79 Å². The number of anilines is 1. The molecule has 0 radical (unpaired) electrons. The Hall–Kier alpha value is -1.44. The fraction of sp³-hybridized carbons (Fsp3) is 0.588. The fourth-order valence-corrected chi connectivity index (χ4v) is 5.19. The summed E-state index contributed by atoms with van der Waals surface area (Å²) in [6.45, 7) is 2.10. The van der Waals surface area contributed by atoms with Gasteiger partial charge in [0, 0.05) is 26.2 Å². The molecule has 3 rings (SSSR count). The molecule has 1 aromatic rings. The standard InChI is InChI=1S/C17H24N2O4S/c1-12(20)19-10-9-13-11-14(7-8-15(13)19)24(22,23)18(2)16-5-3-4-6-17(16)21/h7-8,11,16-17,21H,3-6,9-10H2,1-2H3/t16-,17-/m0/s1. The van der Waals surface area contributed by atoms with Crippen LogP contribution in [0.4, 0.5) is 5.69 Å². The number of hydrogen-bond acceptors (Lipinski definition) is 4. The smallest absolute Gasteiger partial charge is 0.243 e. The number of aliphatic hydroxyl groups excluding tert-OH is 1. The van der Waals surface area contributed by atoms with Crippen molar-refractivity contribution in [3.63, 3.8) is 0 Å². The minimum absolute atomic E-state index is 0.0354. The van der Waals surface area contributed by atoms with Gasteiger partial charge in [-0.1, -0.05) is 12.8 Å². The maximum Gasteiger partial charge on any atom is 0.243 e. The van der Waals surface area contributed by atoms with Gasteiger partial charge >= 0.3 is 0 Å². The van der Waals surface area contributed by atoms with Crippen LogP contribution >= 0.6 is 0 Å². The van der Waals surface area contributed by atoms with E-state index in [1.54, 1.807) is 30.1 Å². The molecule has 0 spiro atoms. The Morgan fingerprint density at radius 3 is 2.67 bits per heavy atom. The van der Waals surface area contributed by atoms with Crippen LogP contribution in [-0.2, 0) is 21.2 Å². The van der Waals surface area contributed by atoms with Crippen LogP contribution in [0.25, 0.3) is 0 Å². The molecule has 0 aromatic heterocycles. The number of amides is 1. The fourth-order valence-electron chi connectivity index (χ4n) is 3.73. The van der Waals surface area contributed by atoms with E-state index in [-0.39, 0.29) is 16.8 Å². The highest BCUT2D eigenvalue weighted by atomic mass is 32.2. The second kappa shape index (κ2) is 6.46. The molecule has 7 heteroatoms. The lowest BCUT2D eigenvalue weighted by Crippen LogP contribution is -2.46. The maximum atomic E-state index is 12.9. The van der Waals surface area contributed by atoms with Gasteiger partial charge in [0.25, 0.3) is 0 Å². The summed E-state index contributed by atoms with van der Waals surface area (Å²) in [5.74, 6) is -0.0354. The minimum Gasteiger partial charge on any atom is -0.391 e. The van der Waals surface area contributed by atoms with Crippen molar-refractivity contribution in [2.75, 3.05) is 18.5 Å². The second-order valence-electron chi connectivity index (χ2n) is 6.65. The van der Waals surface area contributed by atoms with E-state index < -0.39 is 16.1 Å². The molecular formula is C17H24N2O4S. The molecule has 0 saturated heterocycles. The van der Waals surface area contributed by atoms with Gasteiger partial charge in [-0.2, -0.15) is 4.31 Å². The van der Waals surface area contributed by atoms with Crippen molar-refractivity contribution in [2.24, 2.45) is 0 Å². The van der Waals surface area contributed by atoms with Crippen LogP contribution in [0.2, 0.25) is 0 Å². The zero-order chi connectivity index (χ0) is 17.5. The summed E-state index contributed by atoms with van der Waals surface area (Å²) >= 11 is 0. The number of aliphatic hydroxyl groups is 1. The number of sulfonamides is 1. The Kier molecular flexibility index (Phi) is 4.68. The van der Waals surface area contributed by atoms with Crippen molar-refractivity contribution in [1.82, 2.24) is 4.31 Å². The third-order valence-electron chi connectivity index (χ3n) is 5.16. The molecule has 1 heterocycles. The second-order valence-corrected chi connectivity index (χ2v) is 8.65. The van der Waals surface area contributed by atoms with Crippen molar-refractivity contribution in [2.45, 2.75) is 56.1 Å². The average molecular weight is 352 g/mol. The summed E-state index contributed by atoms with van der Waals surface area (Å²) in [5, 5.41) is 10.2. The van der Waals surface area contributed by atoms with Gasteiger partial charge in [-0.25, -0.2) is 8.42 Å². The first-order valence-electron chi connectivity index (χ1n) is 8.39.